The van der Waals surface area contributed by atoms with E-state index in [1.165, 1.54) is 38.6 Å². The number of nitrogens with one attached hydrogen (secondary N) is 1. The van der Waals surface area contributed by atoms with Gasteiger partial charge in [-0.25, -0.2) is 0 Å². The summed E-state index contributed by atoms with van der Waals surface area (Å²) in [4.78, 5) is 0. The Morgan fingerprint density at radius 3 is 2.33 bits per heavy atom. The van der Waals surface area contributed by atoms with Crippen molar-refractivity contribution in [2.24, 2.45) is 17.3 Å². The first-order chi connectivity index (χ1) is 6.91. The minimum atomic E-state index is 0.297. The smallest absolute Gasteiger partial charge is 0.00966 e. The molecule has 2 saturated carbocycles. The summed E-state index contributed by atoms with van der Waals surface area (Å²) >= 11 is 0. The van der Waals surface area contributed by atoms with Crippen LogP contribution in [0.15, 0.2) is 0 Å². The minimum Gasteiger partial charge on any atom is -0.312 e. The predicted molar refractivity (Wildman–Crippen MR) is 65.9 cm³/mol. The average molecular weight is 209 g/mol. The van der Waals surface area contributed by atoms with Gasteiger partial charge in [-0.15, -0.1) is 0 Å². The summed E-state index contributed by atoms with van der Waals surface area (Å²) in [5.74, 6) is 1.98. The molecule has 0 aromatic carbocycles. The Balaban J connectivity index is 1.75. The molecule has 1 nitrogen and oxygen atoms in total. The molecule has 0 radical (unpaired) electrons. The van der Waals surface area contributed by atoms with Crippen molar-refractivity contribution in [3.63, 3.8) is 0 Å². The molecule has 0 bridgehead atoms. The van der Waals surface area contributed by atoms with E-state index in [9.17, 15) is 0 Å². The summed E-state index contributed by atoms with van der Waals surface area (Å²) in [5, 5.41) is 3.67. The van der Waals surface area contributed by atoms with Crippen molar-refractivity contribution in [2.75, 3.05) is 6.54 Å². The van der Waals surface area contributed by atoms with E-state index in [-0.39, 0.29) is 0 Å². The van der Waals surface area contributed by atoms with E-state index in [0.717, 1.165) is 17.3 Å². The topological polar surface area (TPSA) is 12.0 Å². The zero-order valence-electron chi connectivity index (χ0n) is 10.9. The van der Waals surface area contributed by atoms with Crippen LogP contribution < -0.4 is 5.32 Å². The van der Waals surface area contributed by atoms with Crippen molar-refractivity contribution in [2.45, 2.75) is 65.3 Å². The lowest BCUT2D eigenvalue weighted by atomic mass is 9.79. The summed E-state index contributed by atoms with van der Waals surface area (Å²) < 4.78 is 0. The maximum absolute atomic E-state index is 3.67. The van der Waals surface area contributed by atoms with Gasteiger partial charge in [0.25, 0.3) is 0 Å². The van der Waals surface area contributed by atoms with Crippen molar-refractivity contribution in [3.8, 4) is 0 Å². The van der Waals surface area contributed by atoms with E-state index in [4.69, 9.17) is 0 Å². The van der Waals surface area contributed by atoms with Gasteiger partial charge in [-0.1, -0.05) is 19.8 Å². The highest BCUT2D eigenvalue weighted by Gasteiger charge is 2.53. The molecule has 2 aliphatic carbocycles. The molecule has 0 heterocycles. The molecule has 2 aliphatic rings. The van der Waals surface area contributed by atoms with E-state index in [2.05, 4.69) is 33.0 Å². The summed E-state index contributed by atoms with van der Waals surface area (Å²) in [6.45, 7) is 10.5. The second-order valence-electron chi connectivity index (χ2n) is 7.08. The maximum Gasteiger partial charge on any atom is 0.00966 e. The number of rotatable bonds is 2. The van der Waals surface area contributed by atoms with Gasteiger partial charge in [0.15, 0.2) is 0 Å². The van der Waals surface area contributed by atoms with E-state index in [0.29, 0.717) is 5.54 Å². The lowest BCUT2D eigenvalue weighted by Crippen LogP contribution is -2.38. The van der Waals surface area contributed by atoms with Crippen LogP contribution in [0.25, 0.3) is 0 Å². The van der Waals surface area contributed by atoms with Crippen molar-refractivity contribution >= 4 is 0 Å². The quantitative estimate of drug-likeness (QED) is 0.733. The molecule has 0 saturated heterocycles. The Labute approximate surface area is 95.0 Å². The zero-order chi connectivity index (χ0) is 11.1. The Kier molecular flexibility index (Phi) is 2.87. The first-order valence-corrected chi connectivity index (χ1v) is 6.66. The Hall–Kier alpha value is -0.0400. The van der Waals surface area contributed by atoms with E-state index in [1.807, 2.05) is 0 Å². The second kappa shape index (κ2) is 3.76. The molecule has 1 atom stereocenters. The Morgan fingerprint density at radius 2 is 1.80 bits per heavy atom. The van der Waals surface area contributed by atoms with Gasteiger partial charge in [0.05, 0.1) is 0 Å². The van der Waals surface area contributed by atoms with Crippen molar-refractivity contribution in [3.05, 3.63) is 0 Å². The molecule has 1 N–H and O–H groups in total. The molecule has 1 unspecified atom stereocenters. The molecule has 0 aliphatic heterocycles. The van der Waals surface area contributed by atoms with Crippen LogP contribution in [0, 0.1) is 17.3 Å². The SMILES string of the molecule is CC1CCC2(CC1)CC2CNC(C)(C)C. The fraction of sp³-hybridized carbons (Fsp3) is 1.00. The van der Waals surface area contributed by atoms with E-state index < -0.39 is 0 Å². The summed E-state index contributed by atoms with van der Waals surface area (Å²) in [7, 11) is 0. The van der Waals surface area contributed by atoms with E-state index >= 15 is 0 Å². The monoisotopic (exact) mass is 209 g/mol. The Bertz CT molecular complexity index is 218. The van der Waals surface area contributed by atoms with E-state index in [1.54, 1.807) is 0 Å². The van der Waals surface area contributed by atoms with Gasteiger partial charge in [0.1, 0.15) is 0 Å². The van der Waals surface area contributed by atoms with Crippen molar-refractivity contribution in [1.29, 1.82) is 0 Å². The molecule has 2 fully saturated rings. The van der Waals surface area contributed by atoms with Crippen LogP contribution in [-0.2, 0) is 0 Å². The summed E-state index contributed by atoms with van der Waals surface area (Å²) in [5.41, 5.74) is 1.08. The van der Waals surface area contributed by atoms with Crippen molar-refractivity contribution < 1.29 is 0 Å². The molecular weight excluding hydrogens is 182 g/mol. The minimum absolute atomic E-state index is 0.297. The Morgan fingerprint density at radius 1 is 1.20 bits per heavy atom. The fourth-order valence-electron chi connectivity index (χ4n) is 3.10. The van der Waals surface area contributed by atoms with Gasteiger partial charge < -0.3 is 5.32 Å². The molecule has 1 spiro atoms. The molecule has 88 valence electrons. The molecular formula is C14H27N. The first kappa shape index (κ1) is 11.4. The zero-order valence-corrected chi connectivity index (χ0v) is 10.9. The van der Waals surface area contributed by atoms with Crippen LogP contribution in [0.3, 0.4) is 0 Å². The first-order valence-electron chi connectivity index (χ1n) is 6.66. The molecule has 0 amide bonds. The molecule has 0 aromatic heterocycles. The van der Waals surface area contributed by atoms with Crippen LogP contribution in [0.1, 0.15) is 59.8 Å². The van der Waals surface area contributed by atoms with Gasteiger partial charge in [0.2, 0.25) is 0 Å². The molecule has 2 rings (SSSR count). The lowest BCUT2D eigenvalue weighted by molar-refractivity contribution is 0.245. The maximum atomic E-state index is 3.67. The van der Waals surface area contributed by atoms with Gasteiger partial charge in [-0.2, -0.15) is 0 Å². The van der Waals surface area contributed by atoms with Crippen LogP contribution in [-0.4, -0.2) is 12.1 Å². The molecule has 15 heavy (non-hydrogen) atoms. The predicted octanol–water partition coefficient (Wildman–Crippen LogP) is 3.59. The average Bonchev–Trinajstić information content (AvgIpc) is 2.81. The van der Waals surface area contributed by atoms with Crippen LogP contribution in [0.5, 0.6) is 0 Å². The number of hydrogen-bond donors (Lipinski definition) is 1. The normalized spacial score (nSPS) is 40.8. The fourth-order valence-corrected chi connectivity index (χ4v) is 3.10. The molecule has 1 heteroatoms. The van der Waals surface area contributed by atoms with Crippen LogP contribution in [0.4, 0.5) is 0 Å². The highest BCUT2D eigenvalue weighted by atomic mass is 15.0. The summed E-state index contributed by atoms with van der Waals surface area (Å²) in [6, 6.07) is 0. The largest absolute Gasteiger partial charge is 0.312 e. The second-order valence-corrected chi connectivity index (χ2v) is 7.08. The third-order valence-electron chi connectivity index (χ3n) is 4.51. The highest BCUT2D eigenvalue weighted by molar-refractivity contribution is 5.05. The molecule has 0 aromatic rings. The van der Waals surface area contributed by atoms with Gasteiger partial charge in [-0.05, 0) is 63.8 Å². The third-order valence-corrected chi connectivity index (χ3v) is 4.51. The van der Waals surface area contributed by atoms with Gasteiger partial charge >= 0.3 is 0 Å². The van der Waals surface area contributed by atoms with Crippen LogP contribution >= 0.6 is 0 Å². The number of hydrogen-bond acceptors (Lipinski definition) is 1. The summed E-state index contributed by atoms with van der Waals surface area (Å²) in [6.07, 6.45) is 7.47. The van der Waals surface area contributed by atoms with Gasteiger partial charge in [0, 0.05) is 5.54 Å². The third kappa shape index (κ3) is 2.75. The van der Waals surface area contributed by atoms with Crippen LogP contribution in [0.2, 0.25) is 0 Å². The van der Waals surface area contributed by atoms with Crippen molar-refractivity contribution in [1.82, 2.24) is 5.32 Å². The van der Waals surface area contributed by atoms with Gasteiger partial charge in [-0.3, -0.25) is 0 Å². The standard InChI is InChI=1S/C14H27N/c1-11-5-7-14(8-6-11)9-12(14)10-15-13(2,3)4/h11-12,15H,5-10H2,1-4H3. The highest BCUT2D eigenvalue weighted by Crippen LogP contribution is 2.61. The lowest BCUT2D eigenvalue weighted by Gasteiger charge is -2.28.